The van der Waals surface area contributed by atoms with Gasteiger partial charge in [-0.2, -0.15) is 0 Å². The molecule has 1 aliphatic carbocycles. The second-order valence-electron chi connectivity index (χ2n) is 5.39. The predicted molar refractivity (Wildman–Crippen MR) is 69.4 cm³/mol. The summed E-state index contributed by atoms with van der Waals surface area (Å²) < 4.78 is 10.3. The van der Waals surface area contributed by atoms with Gasteiger partial charge >= 0.3 is 0 Å². The van der Waals surface area contributed by atoms with Crippen LogP contribution in [0.3, 0.4) is 0 Å². The molecule has 0 unspecified atom stereocenters. The number of rotatable bonds is 5. The smallest absolute Gasteiger partial charge is 0.248 e. The van der Waals surface area contributed by atoms with Crippen LogP contribution in [0, 0.1) is 5.92 Å². The standard InChI is InChI=1S/C14H25NO3/c1-17-9-10-18-11-14(16)15-8-4-6-12-5-2-3-7-13(12)15/h12-13H,2-11H2,1H3/t12-,13-/m1/s1. The first-order valence-corrected chi connectivity index (χ1v) is 7.19. The van der Waals surface area contributed by atoms with Crippen molar-refractivity contribution in [2.24, 2.45) is 5.92 Å². The van der Waals surface area contributed by atoms with Crippen LogP contribution in [0.25, 0.3) is 0 Å². The molecule has 0 aromatic heterocycles. The van der Waals surface area contributed by atoms with E-state index in [1.165, 1.54) is 32.1 Å². The van der Waals surface area contributed by atoms with Crippen LogP contribution < -0.4 is 0 Å². The topological polar surface area (TPSA) is 38.8 Å². The lowest BCUT2D eigenvalue weighted by atomic mass is 9.78. The molecule has 2 aliphatic rings. The molecule has 1 heterocycles. The van der Waals surface area contributed by atoms with Gasteiger partial charge in [-0.15, -0.1) is 0 Å². The molecule has 0 N–H and O–H groups in total. The van der Waals surface area contributed by atoms with Crippen LogP contribution in [0.2, 0.25) is 0 Å². The largest absolute Gasteiger partial charge is 0.382 e. The van der Waals surface area contributed by atoms with E-state index in [1.807, 2.05) is 0 Å². The van der Waals surface area contributed by atoms with Crippen molar-refractivity contribution in [1.29, 1.82) is 0 Å². The van der Waals surface area contributed by atoms with Gasteiger partial charge in [0.05, 0.1) is 13.2 Å². The number of hydrogen-bond acceptors (Lipinski definition) is 3. The first kappa shape index (κ1) is 13.8. The number of likely N-dealkylation sites (tertiary alicyclic amines) is 1. The van der Waals surface area contributed by atoms with Gasteiger partial charge in [0.1, 0.15) is 6.61 Å². The van der Waals surface area contributed by atoms with Crippen LogP contribution in [-0.2, 0) is 14.3 Å². The molecular formula is C14H25NO3. The molecule has 0 bridgehead atoms. The zero-order valence-electron chi connectivity index (χ0n) is 11.4. The molecule has 0 aromatic rings. The monoisotopic (exact) mass is 255 g/mol. The average Bonchev–Trinajstić information content (AvgIpc) is 2.43. The van der Waals surface area contributed by atoms with E-state index in [-0.39, 0.29) is 12.5 Å². The zero-order valence-corrected chi connectivity index (χ0v) is 11.4. The van der Waals surface area contributed by atoms with E-state index >= 15 is 0 Å². The Morgan fingerprint density at radius 3 is 2.78 bits per heavy atom. The molecule has 0 spiro atoms. The SMILES string of the molecule is COCCOCC(=O)N1CCC[C@H]2CCCC[C@H]21. The summed E-state index contributed by atoms with van der Waals surface area (Å²) in [5, 5.41) is 0. The van der Waals surface area contributed by atoms with Crippen LogP contribution >= 0.6 is 0 Å². The normalized spacial score (nSPS) is 27.9. The van der Waals surface area contributed by atoms with E-state index in [0.717, 1.165) is 18.9 Å². The number of carbonyl (C=O) groups is 1. The maximum atomic E-state index is 12.2. The second-order valence-corrected chi connectivity index (χ2v) is 5.39. The van der Waals surface area contributed by atoms with Crippen molar-refractivity contribution < 1.29 is 14.3 Å². The van der Waals surface area contributed by atoms with E-state index in [1.54, 1.807) is 7.11 Å². The van der Waals surface area contributed by atoms with Gasteiger partial charge in [0, 0.05) is 19.7 Å². The third kappa shape index (κ3) is 3.45. The Hall–Kier alpha value is -0.610. The summed E-state index contributed by atoms with van der Waals surface area (Å²) in [7, 11) is 1.64. The van der Waals surface area contributed by atoms with Gasteiger partial charge in [-0.25, -0.2) is 0 Å². The minimum Gasteiger partial charge on any atom is -0.382 e. The number of carbonyl (C=O) groups excluding carboxylic acids is 1. The first-order valence-electron chi connectivity index (χ1n) is 7.19. The number of methoxy groups -OCH3 is 1. The highest BCUT2D eigenvalue weighted by Crippen LogP contribution is 2.35. The van der Waals surface area contributed by atoms with Crippen molar-refractivity contribution >= 4 is 5.91 Å². The highest BCUT2D eigenvalue weighted by Gasteiger charge is 2.35. The quantitative estimate of drug-likeness (QED) is 0.704. The number of amides is 1. The second kappa shape index (κ2) is 7.10. The molecule has 0 radical (unpaired) electrons. The van der Waals surface area contributed by atoms with Gasteiger partial charge in [0.25, 0.3) is 0 Å². The lowest BCUT2D eigenvalue weighted by Gasteiger charge is -2.44. The van der Waals surface area contributed by atoms with Gasteiger partial charge in [-0.3, -0.25) is 4.79 Å². The van der Waals surface area contributed by atoms with Gasteiger partial charge in [0.2, 0.25) is 5.91 Å². The van der Waals surface area contributed by atoms with Crippen molar-refractivity contribution in [3.8, 4) is 0 Å². The summed E-state index contributed by atoms with van der Waals surface area (Å²) in [4.78, 5) is 14.3. The van der Waals surface area contributed by atoms with Crippen molar-refractivity contribution in [1.82, 2.24) is 4.90 Å². The van der Waals surface area contributed by atoms with Crippen molar-refractivity contribution in [3.05, 3.63) is 0 Å². The molecule has 4 nitrogen and oxygen atoms in total. The van der Waals surface area contributed by atoms with Crippen molar-refractivity contribution in [2.75, 3.05) is 33.5 Å². The fraction of sp³-hybridized carbons (Fsp3) is 0.929. The predicted octanol–water partition coefficient (Wildman–Crippen LogP) is 1.83. The summed E-state index contributed by atoms with van der Waals surface area (Å²) in [6.07, 6.45) is 7.57. The number of hydrogen-bond donors (Lipinski definition) is 0. The Morgan fingerprint density at radius 1 is 1.17 bits per heavy atom. The van der Waals surface area contributed by atoms with E-state index in [0.29, 0.717) is 19.3 Å². The molecule has 104 valence electrons. The minimum atomic E-state index is 0.169. The molecule has 2 rings (SSSR count). The summed E-state index contributed by atoms with van der Waals surface area (Å²) in [5.74, 6) is 0.915. The van der Waals surface area contributed by atoms with Gasteiger partial charge < -0.3 is 14.4 Å². The third-order valence-corrected chi connectivity index (χ3v) is 4.22. The summed E-state index contributed by atoms with van der Waals surface area (Å²) >= 11 is 0. The molecule has 2 fully saturated rings. The van der Waals surface area contributed by atoms with E-state index < -0.39 is 0 Å². The minimum absolute atomic E-state index is 0.169. The molecule has 1 aliphatic heterocycles. The maximum Gasteiger partial charge on any atom is 0.248 e. The van der Waals surface area contributed by atoms with Crippen LogP contribution in [0.4, 0.5) is 0 Å². The lowest BCUT2D eigenvalue weighted by Crippen LogP contribution is -2.50. The lowest BCUT2D eigenvalue weighted by molar-refractivity contribution is -0.142. The molecule has 1 amide bonds. The maximum absolute atomic E-state index is 12.2. The highest BCUT2D eigenvalue weighted by atomic mass is 16.5. The Labute approximate surface area is 110 Å². The Morgan fingerprint density at radius 2 is 1.94 bits per heavy atom. The summed E-state index contributed by atoms with van der Waals surface area (Å²) in [6, 6.07) is 0.492. The zero-order chi connectivity index (χ0) is 12.8. The van der Waals surface area contributed by atoms with Crippen molar-refractivity contribution in [3.63, 3.8) is 0 Å². The average molecular weight is 255 g/mol. The fourth-order valence-corrected chi connectivity index (χ4v) is 3.32. The highest BCUT2D eigenvalue weighted by molar-refractivity contribution is 5.78. The molecule has 0 aromatic carbocycles. The molecule has 1 saturated carbocycles. The third-order valence-electron chi connectivity index (χ3n) is 4.22. The summed E-state index contributed by atoms with van der Waals surface area (Å²) in [5.41, 5.74) is 0. The molecule has 4 heteroatoms. The van der Waals surface area contributed by atoms with Gasteiger partial charge in [0.15, 0.2) is 0 Å². The van der Waals surface area contributed by atoms with Crippen LogP contribution in [0.5, 0.6) is 0 Å². The van der Waals surface area contributed by atoms with Gasteiger partial charge in [-0.05, 0) is 31.6 Å². The molecule has 2 atom stereocenters. The van der Waals surface area contributed by atoms with E-state index in [2.05, 4.69) is 4.90 Å². The Bertz CT molecular complexity index is 268. The number of fused-ring (bicyclic) bond motifs is 1. The van der Waals surface area contributed by atoms with Gasteiger partial charge in [-0.1, -0.05) is 12.8 Å². The molecule has 1 saturated heterocycles. The Balaban J connectivity index is 1.80. The number of nitrogens with zero attached hydrogens (tertiary/aromatic N) is 1. The van der Waals surface area contributed by atoms with Crippen LogP contribution in [0.1, 0.15) is 38.5 Å². The molecule has 18 heavy (non-hydrogen) atoms. The first-order chi connectivity index (χ1) is 8.83. The van der Waals surface area contributed by atoms with Crippen LogP contribution in [-0.4, -0.2) is 50.3 Å². The van der Waals surface area contributed by atoms with E-state index in [9.17, 15) is 4.79 Å². The summed E-state index contributed by atoms with van der Waals surface area (Å²) in [6.45, 7) is 2.20. The van der Waals surface area contributed by atoms with Crippen molar-refractivity contribution in [2.45, 2.75) is 44.6 Å². The molecular weight excluding hydrogens is 230 g/mol. The fourth-order valence-electron chi connectivity index (χ4n) is 3.32. The number of piperidine rings is 1. The number of ether oxygens (including phenoxy) is 2. The Kier molecular flexibility index (Phi) is 5.45. The van der Waals surface area contributed by atoms with E-state index in [4.69, 9.17) is 9.47 Å². The van der Waals surface area contributed by atoms with Crippen LogP contribution in [0.15, 0.2) is 0 Å².